The predicted octanol–water partition coefficient (Wildman–Crippen LogP) is 0.464. The van der Waals surface area contributed by atoms with Crippen LogP contribution in [0.15, 0.2) is 41.8 Å². The van der Waals surface area contributed by atoms with Gasteiger partial charge in [0.1, 0.15) is 12.1 Å². The Morgan fingerprint density at radius 3 is 2.41 bits per heavy atom. The summed E-state index contributed by atoms with van der Waals surface area (Å²) >= 11 is 0. The molecule has 0 atom stereocenters. The van der Waals surface area contributed by atoms with Gasteiger partial charge in [-0.05, 0) is 0 Å². The number of nitrogens with zero attached hydrogens (tertiary/aromatic N) is 4. The highest BCUT2D eigenvalue weighted by Crippen LogP contribution is 2.09. The molecule has 0 saturated carbocycles. The van der Waals surface area contributed by atoms with Crippen LogP contribution in [-0.2, 0) is 9.84 Å². The van der Waals surface area contributed by atoms with E-state index in [4.69, 9.17) is 0 Å². The van der Waals surface area contributed by atoms with Gasteiger partial charge < -0.3 is 4.90 Å². The van der Waals surface area contributed by atoms with E-state index in [9.17, 15) is 18.0 Å². The second kappa shape index (κ2) is 6.06. The van der Waals surface area contributed by atoms with Gasteiger partial charge in [-0.25, -0.2) is 18.2 Å². The third kappa shape index (κ3) is 3.37. The second-order valence-corrected chi connectivity index (χ2v) is 6.58. The predicted molar refractivity (Wildman–Crippen MR) is 77.3 cm³/mol. The largest absolute Gasteiger partial charge is 0.345 e. The zero-order chi connectivity index (χ0) is 16.3. The molecule has 0 unspecified atom stereocenters. The van der Waals surface area contributed by atoms with Gasteiger partial charge in [0.25, 0.3) is 5.16 Å². The number of ketones is 1. The van der Waals surface area contributed by atoms with Crippen molar-refractivity contribution in [3.63, 3.8) is 0 Å². The van der Waals surface area contributed by atoms with Gasteiger partial charge in [-0.15, -0.1) is 5.10 Å². The smallest absolute Gasteiger partial charge is 0.329 e. The summed E-state index contributed by atoms with van der Waals surface area (Å²) in [6.07, 6.45) is 1.00. The quantitative estimate of drug-likeness (QED) is 0.758. The van der Waals surface area contributed by atoms with Crippen LogP contribution in [0.5, 0.6) is 0 Å². The summed E-state index contributed by atoms with van der Waals surface area (Å²) in [5, 5.41) is 3.07. The van der Waals surface area contributed by atoms with Crippen LogP contribution >= 0.6 is 0 Å². The molecule has 2 rings (SSSR count). The standard InChI is InChI=1S/C13H14N4O4S/c1-16(2)13(19)17-9-14-12(15-17)22(20,21)8-11(18)10-6-4-3-5-7-10/h3-7,9H,8H2,1-2H3. The first-order valence-corrected chi connectivity index (χ1v) is 7.91. The van der Waals surface area contributed by atoms with E-state index in [-0.39, 0.29) is 5.56 Å². The van der Waals surface area contributed by atoms with Crippen LogP contribution in [0.2, 0.25) is 0 Å². The Morgan fingerprint density at radius 2 is 1.82 bits per heavy atom. The summed E-state index contributed by atoms with van der Waals surface area (Å²) in [5.74, 6) is -1.31. The molecule has 0 aliphatic heterocycles. The van der Waals surface area contributed by atoms with Gasteiger partial charge in [-0.1, -0.05) is 30.3 Å². The molecular formula is C13H14N4O4S. The average Bonchev–Trinajstić information content (AvgIpc) is 2.97. The molecule has 0 saturated heterocycles. The van der Waals surface area contributed by atoms with Crippen molar-refractivity contribution < 1.29 is 18.0 Å². The maximum absolute atomic E-state index is 12.1. The summed E-state index contributed by atoms with van der Waals surface area (Å²) in [6, 6.07) is 7.52. The van der Waals surface area contributed by atoms with E-state index in [0.717, 1.165) is 11.0 Å². The molecule has 0 aliphatic carbocycles. The van der Waals surface area contributed by atoms with Crippen molar-refractivity contribution in [2.45, 2.75) is 5.16 Å². The Bertz CT molecular complexity index is 796. The zero-order valence-corrected chi connectivity index (χ0v) is 12.8. The first kappa shape index (κ1) is 15.8. The molecule has 8 nitrogen and oxygen atoms in total. The number of carbonyl (C=O) groups is 2. The highest BCUT2D eigenvalue weighted by molar-refractivity contribution is 7.92. The van der Waals surface area contributed by atoms with Crippen molar-refractivity contribution in [1.29, 1.82) is 0 Å². The van der Waals surface area contributed by atoms with Crippen LogP contribution < -0.4 is 0 Å². The molecule has 0 radical (unpaired) electrons. The first-order valence-electron chi connectivity index (χ1n) is 6.25. The van der Waals surface area contributed by atoms with Gasteiger partial charge in [-0.2, -0.15) is 4.68 Å². The molecule has 0 fully saturated rings. The Balaban J connectivity index is 2.21. The average molecular weight is 322 g/mol. The summed E-state index contributed by atoms with van der Waals surface area (Å²) in [6.45, 7) is 0. The van der Waals surface area contributed by atoms with Crippen molar-refractivity contribution in [1.82, 2.24) is 19.7 Å². The molecule has 116 valence electrons. The van der Waals surface area contributed by atoms with Crippen molar-refractivity contribution in [3.05, 3.63) is 42.2 Å². The number of Topliss-reactive ketones (excluding diaryl/α,β-unsaturated/α-hetero) is 1. The molecular weight excluding hydrogens is 308 g/mol. The lowest BCUT2D eigenvalue weighted by atomic mass is 10.2. The van der Waals surface area contributed by atoms with Crippen molar-refractivity contribution in [2.24, 2.45) is 0 Å². The molecule has 1 heterocycles. The highest BCUT2D eigenvalue weighted by Gasteiger charge is 2.25. The van der Waals surface area contributed by atoms with E-state index in [2.05, 4.69) is 10.1 Å². The monoisotopic (exact) mass is 322 g/mol. The third-order valence-corrected chi connectivity index (χ3v) is 4.13. The van der Waals surface area contributed by atoms with Crippen molar-refractivity contribution in [3.8, 4) is 0 Å². The lowest BCUT2D eigenvalue weighted by Crippen LogP contribution is -2.28. The summed E-state index contributed by atoms with van der Waals surface area (Å²) in [4.78, 5) is 28.4. The Morgan fingerprint density at radius 1 is 1.18 bits per heavy atom. The summed E-state index contributed by atoms with van der Waals surface area (Å²) < 4.78 is 25.1. The molecule has 1 aromatic carbocycles. The molecule has 1 amide bonds. The van der Waals surface area contributed by atoms with Crippen LogP contribution in [0.1, 0.15) is 10.4 Å². The maximum atomic E-state index is 12.1. The number of aromatic nitrogens is 3. The van der Waals surface area contributed by atoms with E-state index in [1.807, 2.05) is 0 Å². The molecule has 1 aromatic heterocycles. The fraction of sp³-hybridized carbons (Fsp3) is 0.231. The molecule has 9 heteroatoms. The minimum Gasteiger partial charge on any atom is -0.329 e. The minimum absolute atomic E-state index is 0.287. The number of benzene rings is 1. The Kier molecular flexibility index (Phi) is 4.36. The van der Waals surface area contributed by atoms with Crippen LogP contribution in [0.4, 0.5) is 4.79 Å². The highest BCUT2D eigenvalue weighted by atomic mass is 32.2. The Hall–Kier alpha value is -2.55. The molecule has 0 bridgehead atoms. The van der Waals surface area contributed by atoms with Gasteiger partial charge in [0.15, 0.2) is 5.78 Å². The van der Waals surface area contributed by atoms with Crippen LogP contribution in [0, 0.1) is 0 Å². The SMILES string of the molecule is CN(C)C(=O)n1cnc(S(=O)(=O)CC(=O)c2ccccc2)n1. The van der Waals surface area contributed by atoms with Gasteiger partial charge >= 0.3 is 6.03 Å². The van der Waals surface area contributed by atoms with E-state index in [1.165, 1.54) is 31.1 Å². The van der Waals surface area contributed by atoms with Gasteiger partial charge in [0.05, 0.1) is 0 Å². The number of hydrogen-bond acceptors (Lipinski definition) is 6. The minimum atomic E-state index is -4.01. The summed E-state index contributed by atoms with van der Waals surface area (Å²) in [7, 11) is -1.02. The van der Waals surface area contributed by atoms with Crippen molar-refractivity contribution >= 4 is 21.7 Å². The lowest BCUT2D eigenvalue weighted by molar-refractivity contribution is 0.102. The molecule has 0 spiro atoms. The van der Waals surface area contributed by atoms with E-state index in [1.54, 1.807) is 18.2 Å². The van der Waals surface area contributed by atoms with E-state index in [0.29, 0.717) is 0 Å². The summed E-state index contributed by atoms with van der Waals surface area (Å²) in [5.41, 5.74) is 0.287. The van der Waals surface area contributed by atoms with Gasteiger partial charge in [0.2, 0.25) is 9.84 Å². The normalized spacial score (nSPS) is 11.2. The van der Waals surface area contributed by atoms with Crippen LogP contribution in [0.25, 0.3) is 0 Å². The van der Waals surface area contributed by atoms with Crippen LogP contribution in [0.3, 0.4) is 0 Å². The number of amides is 1. The fourth-order valence-electron chi connectivity index (χ4n) is 1.63. The van der Waals surface area contributed by atoms with Gasteiger partial charge in [-0.3, -0.25) is 4.79 Å². The molecule has 2 aromatic rings. The number of hydrogen-bond donors (Lipinski definition) is 0. The van der Waals surface area contributed by atoms with Gasteiger partial charge in [0, 0.05) is 19.7 Å². The maximum Gasteiger partial charge on any atom is 0.345 e. The first-order chi connectivity index (χ1) is 10.3. The third-order valence-electron chi connectivity index (χ3n) is 2.74. The lowest BCUT2D eigenvalue weighted by Gasteiger charge is -2.07. The molecule has 0 aliphatic rings. The number of carbonyl (C=O) groups excluding carboxylic acids is 2. The zero-order valence-electron chi connectivity index (χ0n) is 12.0. The van der Waals surface area contributed by atoms with E-state index < -0.39 is 32.6 Å². The molecule has 22 heavy (non-hydrogen) atoms. The number of sulfone groups is 1. The van der Waals surface area contributed by atoms with E-state index >= 15 is 0 Å². The number of rotatable bonds is 4. The fourth-order valence-corrected chi connectivity index (χ4v) is 2.69. The topological polar surface area (TPSA) is 102 Å². The molecule has 0 N–H and O–H groups in total. The van der Waals surface area contributed by atoms with Crippen molar-refractivity contribution in [2.75, 3.05) is 19.8 Å². The Labute approximate surface area is 127 Å². The second-order valence-electron chi connectivity index (χ2n) is 4.70. The van der Waals surface area contributed by atoms with Crippen LogP contribution in [-0.4, -0.2) is 59.7 Å².